The van der Waals surface area contributed by atoms with Gasteiger partial charge in [-0.2, -0.15) is 0 Å². The van der Waals surface area contributed by atoms with Crippen LogP contribution < -0.4 is 0 Å². The van der Waals surface area contributed by atoms with E-state index in [4.69, 9.17) is 16.3 Å². The Bertz CT molecular complexity index is 695. The average molecular weight is 321 g/mol. The van der Waals surface area contributed by atoms with Crippen molar-refractivity contribution in [3.8, 4) is 0 Å². The molecule has 0 aliphatic carbocycles. The van der Waals surface area contributed by atoms with Crippen molar-refractivity contribution in [2.45, 2.75) is 20.3 Å². The molecule has 5 heteroatoms. The predicted octanol–water partition coefficient (Wildman–Crippen LogP) is 3.63. The Morgan fingerprint density at radius 3 is 3.05 bits per heavy atom. The molecule has 1 aliphatic rings. The van der Waals surface area contributed by atoms with Crippen LogP contribution in [0.1, 0.15) is 29.4 Å². The molecule has 0 spiro atoms. The fourth-order valence-electron chi connectivity index (χ4n) is 3.13. The highest BCUT2D eigenvalue weighted by atomic mass is 35.5. The topological polar surface area (TPSA) is 45.3 Å². The Kier molecular flexibility index (Phi) is 4.41. The zero-order valence-electron chi connectivity index (χ0n) is 13.0. The molecular formula is C17H21ClN2O2. The molecule has 0 saturated carbocycles. The molecular weight excluding hydrogens is 300 g/mol. The van der Waals surface area contributed by atoms with E-state index in [-0.39, 0.29) is 5.91 Å². The largest absolute Gasteiger partial charge is 0.381 e. The van der Waals surface area contributed by atoms with Crippen molar-refractivity contribution in [2.75, 3.05) is 26.3 Å². The van der Waals surface area contributed by atoms with Crippen molar-refractivity contribution in [3.05, 3.63) is 34.5 Å². The molecule has 0 bridgehead atoms. The number of nitrogens with zero attached hydrogens (tertiary/aromatic N) is 1. The second-order valence-electron chi connectivity index (χ2n) is 5.85. The Balaban J connectivity index is 1.81. The predicted molar refractivity (Wildman–Crippen MR) is 88.5 cm³/mol. The zero-order chi connectivity index (χ0) is 15.7. The van der Waals surface area contributed by atoms with Crippen molar-refractivity contribution >= 4 is 28.4 Å². The Labute approximate surface area is 135 Å². The summed E-state index contributed by atoms with van der Waals surface area (Å²) in [4.78, 5) is 17.9. The number of fused-ring (bicyclic) bond motifs is 1. The first kappa shape index (κ1) is 15.4. The van der Waals surface area contributed by atoms with Crippen molar-refractivity contribution in [1.82, 2.24) is 9.88 Å². The van der Waals surface area contributed by atoms with Crippen molar-refractivity contribution in [1.29, 1.82) is 0 Å². The number of nitrogens with one attached hydrogen (secondary N) is 1. The van der Waals surface area contributed by atoms with Gasteiger partial charge in [-0.05, 0) is 31.9 Å². The number of amides is 1. The summed E-state index contributed by atoms with van der Waals surface area (Å²) in [6.45, 7) is 6.98. The van der Waals surface area contributed by atoms with Crippen LogP contribution in [-0.4, -0.2) is 42.1 Å². The quantitative estimate of drug-likeness (QED) is 0.935. The Hall–Kier alpha value is -1.52. The molecule has 0 unspecified atom stereocenters. The zero-order valence-corrected chi connectivity index (χ0v) is 13.7. The molecule has 3 rings (SSSR count). The minimum Gasteiger partial charge on any atom is -0.381 e. The first-order valence-electron chi connectivity index (χ1n) is 7.75. The fourth-order valence-corrected chi connectivity index (χ4v) is 3.35. The van der Waals surface area contributed by atoms with Gasteiger partial charge in [0, 0.05) is 31.0 Å². The number of benzene rings is 1. The number of aryl methyl sites for hydroxylation is 1. The molecule has 1 fully saturated rings. The SMILES string of the molecule is CCOC[C@H]1CCN(C(=O)c2[nH]c3c(Cl)cccc3c2C)C1. The van der Waals surface area contributed by atoms with Crippen LogP contribution in [0.5, 0.6) is 0 Å². The number of aromatic nitrogens is 1. The second-order valence-corrected chi connectivity index (χ2v) is 6.26. The first-order valence-corrected chi connectivity index (χ1v) is 8.13. The molecule has 2 heterocycles. The monoisotopic (exact) mass is 320 g/mol. The average Bonchev–Trinajstić information content (AvgIpc) is 3.11. The minimum absolute atomic E-state index is 0.0590. The number of hydrogen-bond donors (Lipinski definition) is 1. The molecule has 1 N–H and O–H groups in total. The van der Waals surface area contributed by atoms with Crippen LogP contribution >= 0.6 is 11.6 Å². The summed E-state index contributed by atoms with van der Waals surface area (Å²) in [7, 11) is 0. The molecule has 1 saturated heterocycles. The lowest BCUT2D eigenvalue weighted by Crippen LogP contribution is -2.30. The summed E-state index contributed by atoms with van der Waals surface area (Å²) in [5, 5.41) is 1.66. The van der Waals surface area contributed by atoms with Crippen LogP contribution in [0.2, 0.25) is 5.02 Å². The fraction of sp³-hybridized carbons (Fsp3) is 0.471. The third-order valence-electron chi connectivity index (χ3n) is 4.39. The number of hydrogen-bond acceptors (Lipinski definition) is 2. The Morgan fingerprint density at radius 2 is 2.32 bits per heavy atom. The van der Waals surface area contributed by atoms with Crippen molar-refractivity contribution < 1.29 is 9.53 Å². The van der Waals surface area contributed by atoms with Gasteiger partial charge in [-0.25, -0.2) is 0 Å². The van der Waals surface area contributed by atoms with Gasteiger partial charge in [-0.15, -0.1) is 0 Å². The smallest absolute Gasteiger partial charge is 0.270 e. The number of carbonyl (C=O) groups is 1. The lowest BCUT2D eigenvalue weighted by atomic mass is 10.1. The van der Waals surface area contributed by atoms with Gasteiger partial charge in [0.25, 0.3) is 5.91 Å². The second kappa shape index (κ2) is 6.31. The van der Waals surface area contributed by atoms with Gasteiger partial charge in [0.15, 0.2) is 0 Å². The first-order chi connectivity index (χ1) is 10.6. The summed E-state index contributed by atoms with van der Waals surface area (Å²) in [5.74, 6) is 0.501. The third kappa shape index (κ3) is 2.73. The molecule has 0 radical (unpaired) electrons. The summed E-state index contributed by atoms with van der Waals surface area (Å²) < 4.78 is 5.48. The molecule has 4 nitrogen and oxygen atoms in total. The van der Waals surface area contributed by atoms with Crippen molar-refractivity contribution in [3.63, 3.8) is 0 Å². The molecule has 118 valence electrons. The Morgan fingerprint density at radius 1 is 1.50 bits per heavy atom. The van der Waals surface area contributed by atoms with Crippen LogP contribution in [0.4, 0.5) is 0 Å². The highest BCUT2D eigenvalue weighted by Gasteiger charge is 2.29. The van der Waals surface area contributed by atoms with E-state index >= 15 is 0 Å². The minimum atomic E-state index is 0.0590. The van der Waals surface area contributed by atoms with Crippen LogP contribution in [0.3, 0.4) is 0 Å². The molecule has 22 heavy (non-hydrogen) atoms. The van der Waals surface area contributed by atoms with Gasteiger partial charge in [-0.3, -0.25) is 4.79 Å². The van der Waals surface area contributed by atoms with E-state index in [1.54, 1.807) is 0 Å². The highest BCUT2D eigenvalue weighted by molar-refractivity contribution is 6.35. The van der Waals surface area contributed by atoms with E-state index in [2.05, 4.69) is 4.98 Å². The summed E-state index contributed by atoms with van der Waals surface area (Å²) in [6.07, 6.45) is 1.01. The summed E-state index contributed by atoms with van der Waals surface area (Å²) in [6, 6.07) is 5.74. The van der Waals surface area contributed by atoms with Crippen LogP contribution in [0, 0.1) is 12.8 Å². The molecule has 1 atom stereocenters. The van der Waals surface area contributed by atoms with Gasteiger partial charge >= 0.3 is 0 Å². The maximum atomic E-state index is 12.8. The van der Waals surface area contributed by atoms with Gasteiger partial charge in [0.2, 0.25) is 0 Å². The number of likely N-dealkylation sites (tertiary alicyclic amines) is 1. The highest BCUT2D eigenvalue weighted by Crippen LogP contribution is 2.29. The number of aromatic amines is 1. The normalized spacial score (nSPS) is 18.3. The number of halogens is 1. The van der Waals surface area contributed by atoms with E-state index < -0.39 is 0 Å². The van der Waals surface area contributed by atoms with Gasteiger partial charge < -0.3 is 14.6 Å². The number of para-hydroxylation sites is 1. The number of carbonyl (C=O) groups excluding carboxylic acids is 1. The third-order valence-corrected chi connectivity index (χ3v) is 4.70. The molecule has 2 aromatic rings. The van der Waals surface area contributed by atoms with Crippen LogP contribution in [0.15, 0.2) is 18.2 Å². The van der Waals surface area contributed by atoms with E-state index in [1.165, 1.54) is 0 Å². The van der Waals surface area contributed by atoms with E-state index in [9.17, 15) is 4.79 Å². The van der Waals surface area contributed by atoms with Gasteiger partial charge in [0.1, 0.15) is 5.69 Å². The maximum absolute atomic E-state index is 12.8. The number of H-pyrrole nitrogens is 1. The van der Waals surface area contributed by atoms with Gasteiger partial charge in [-0.1, -0.05) is 23.7 Å². The number of rotatable bonds is 4. The number of ether oxygens (including phenoxy) is 1. The lowest BCUT2D eigenvalue weighted by Gasteiger charge is -2.16. The molecule has 1 aromatic carbocycles. The molecule has 1 aliphatic heterocycles. The van der Waals surface area contributed by atoms with Crippen molar-refractivity contribution in [2.24, 2.45) is 5.92 Å². The van der Waals surface area contributed by atoms with E-state index in [0.29, 0.717) is 16.6 Å². The lowest BCUT2D eigenvalue weighted by molar-refractivity contribution is 0.0757. The molecule has 1 amide bonds. The van der Waals surface area contributed by atoms with Gasteiger partial charge in [0.05, 0.1) is 17.1 Å². The standard InChI is InChI=1S/C17H21ClN2O2/c1-3-22-10-12-7-8-20(9-12)17(21)15-11(2)13-5-4-6-14(18)16(13)19-15/h4-6,12,19H,3,7-10H2,1-2H3/t12-/m0/s1. The van der Waals surface area contributed by atoms with Crippen LogP contribution in [-0.2, 0) is 4.74 Å². The summed E-state index contributed by atoms with van der Waals surface area (Å²) in [5.41, 5.74) is 2.46. The van der Waals surface area contributed by atoms with E-state index in [1.807, 2.05) is 36.9 Å². The maximum Gasteiger partial charge on any atom is 0.270 e. The van der Waals surface area contributed by atoms with Crippen LogP contribution in [0.25, 0.3) is 10.9 Å². The molecule has 1 aromatic heterocycles. The summed E-state index contributed by atoms with van der Waals surface area (Å²) >= 11 is 6.21. The van der Waals surface area contributed by atoms with E-state index in [0.717, 1.165) is 49.2 Å².